The van der Waals surface area contributed by atoms with Crippen LogP contribution in [0.25, 0.3) is 0 Å². The SMILES string of the molecule is CCSC(=S)N1CCOC12CCCCCC2. The molecule has 1 spiro atoms. The first-order valence-corrected chi connectivity index (χ1v) is 7.76. The number of thioether (sulfide) groups is 1. The molecule has 0 aromatic rings. The number of hydrogen-bond acceptors (Lipinski definition) is 3. The molecule has 1 heterocycles. The molecule has 2 rings (SSSR count). The van der Waals surface area contributed by atoms with Gasteiger partial charge in [-0.05, 0) is 31.4 Å². The molecular weight excluding hydrogens is 238 g/mol. The minimum Gasteiger partial charge on any atom is -0.354 e. The van der Waals surface area contributed by atoms with Crippen LogP contribution in [-0.2, 0) is 4.74 Å². The molecule has 0 bridgehead atoms. The molecule has 0 N–H and O–H groups in total. The smallest absolute Gasteiger partial charge is 0.142 e. The molecule has 2 nitrogen and oxygen atoms in total. The molecular formula is C12H21NOS2. The standard InChI is InChI=1S/C12H21NOS2/c1-2-16-11(15)13-9-10-14-12(13)7-5-3-4-6-8-12/h2-10H2,1H3. The van der Waals surface area contributed by atoms with Crippen molar-refractivity contribution in [1.29, 1.82) is 0 Å². The number of ether oxygens (including phenoxy) is 1. The van der Waals surface area contributed by atoms with E-state index in [4.69, 9.17) is 17.0 Å². The molecule has 1 saturated carbocycles. The number of thiocarbonyl (C=S) groups is 1. The van der Waals surface area contributed by atoms with Crippen LogP contribution < -0.4 is 0 Å². The highest BCUT2D eigenvalue weighted by Gasteiger charge is 2.43. The molecule has 1 aliphatic heterocycles. The molecule has 0 atom stereocenters. The monoisotopic (exact) mass is 259 g/mol. The van der Waals surface area contributed by atoms with Crippen LogP contribution in [0.2, 0.25) is 0 Å². The molecule has 92 valence electrons. The van der Waals surface area contributed by atoms with Crippen LogP contribution in [0.3, 0.4) is 0 Å². The van der Waals surface area contributed by atoms with E-state index in [1.807, 2.05) is 0 Å². The molecule has 1 aliphatic carbocycles. The summed E-state index contributed by atoms with van der Waals surface area (Å²) in [5.41, 5.74) is -0.0320. The van der Waals surface area contributed by atoms with Gasteiger partial charge in [0.1, 0.15) is 10.0 Å². The minimum absolute atomic E-state index is 0.0320. The van der Waals surface area contributed by atoms with Crippen LogP contribution >= 0.6 is 24.0 Å². The van der Waals surface area contributed by atoms with Gasteiger partial charge in [-0.1, -0.05) is 43.7 Å². The maximum Gasteiger partial charge on any atom is 0.142 e. The van der Waals surface area contributed by atoms with Crippen LogP contribution in [0.1, 0.15) is 45.4 Å². The third kappa shape index (κ3) is 2.54. The molecule has 1 saturated heterocycles. The summed E-state index contributed by atoms with van der Waals surface area (Å²) in [6.07, 6.45) is 7.61. The Morgan fingerprint density at radius 3 is 2.62 bits per heavy atom. The van der Waals surface area contributed by atoms with Gasteiger partial charge in [0.15, 0.2) is 0 Å². The zero-order valence-electron chi connectivity index (χ0n) is 10.0. The van der Waals surface area contributed by atoms with E-state index < -0.39 is 0 Å². The second-order valence-corrected chi connectivity index (χ2v) is 6.46. The second-order valence-electron chi connectivity index (χ2n) is 4.56. The highest BCUT2D eigenvalue weighted by Crippen LogP contribution is 2.38. The zero-order chi connectivity index (χ0) is 11.4. The average molecular weight is 259 g/mol. The van der Waals surface area contributed by atoms with E-state index in [0.717, 1.165) is 36.1 Å². The Bertz CT molecular complexity index is 249. The van der Waals surface area contributed by atoms with Gasteiger partial charge in [-0.15, -0.1) is 0 Å². The third-order valence-electron chi connectivity index (χ3n) is 3.55. The van der Waals surface area contributed by atoms with E-state index in [2.05, 4.69) is 11.8 Å². The van der Waals surface area contributed by atoms with Crippen molar-refractivity contribution in [2.45, 2.75) is 51.2 Å². The van der Waals surface area contributed by atoms with Crippen molar-refractivity contribution < 1.29 is 4.74 Å². The maximum atomic E-state index is 6.07. The van der Waals surface area contributed by atoms with Crippen LogP contribution in [0.4, 0.5) is 0 Å². The van der Waals surface area contributed by atoms with E-state index in [9.17, 15) is 0 Å². The molecule has 0 aromatic heterocycles. The maximum absolute atomic E-state index is 6.07. The summed E-state index contributed by atoms with van der Waals surface area (Å²) >= 11 is 7.30. The summed E-state index contributed by atoms with van der Waals surface area (Å²) in [5.74, 6) is 1.06. The molecule has 2 aliphatic rings. The van der Waals surface area contributed by atoms with E-state index in [1.54, 1.807) is 11.8 Å². The first-order valence-electron chi connectivity index (χ1n) is 6.37. The summed E-state index contributed by atoms with van der Waals surface area (Å²) in [7, 11) is 0. The fourth-order valence-corrected chi connectivity index (χ4v) is 4.03. The summed E-state index contributed by atoms with van der Waals surface area (Å²) in [4.78, 5) is 2.36. The van der Waals surface area contributed by atoms with Crippen molar-refractivity contribution in [2.75, 3.05) is 18.9 Å². The van der Waals surface area contributed by atoms with Crippen LogP contribution in [-0.4, -0.2) is 33.8 Å². The lowest BCUT2D eigenvalue weighted by molar-refractivity contribution is -0.0640. The second kappa shape index (κ2) is 5.69. The summed E-state index contributed by atoms with van der Waals surface area (Å²) in [6, 6.07) is 0. The van der Waals surface area contributed by atoms with Crippen molar-refractivity contribution in [3.8, 4) is 0 Å². The number of nitrogens with zero attached hydrogens (tertiary/aromatic N) is 1. The molecule has 2 fully saturated rings. The lowest BCUT2D eigenvalue weighted by Crippen LogP contribution is -2.46. The minimum atomic E-state index is -0.0320. The predicted octanol–water partition coefficient (Wildman–Crippen LogP) is 3.41. The number of hydrogen-bond donors (Lipinski definition) is 0. The fourth-order valence-electron chi connectivity index (χ4n) is 2.76. The van der Waals surface area contributed by atoms with E-state index in [1.165, 1.54) is 25.7 Å². The lowest BCUT2D eigenvalue weighted by atomic mass is 10.0. The Balaban J connectivity index is 2.07. The van der Waals surface area contributed by atoms with Gasteiger partial charge in [0.25, 0.3) is 0 Å². The lowest BCUT2D eigenvalue weighted by Gasteiger charge is -2.37. The van der Waals surface area contributed by atoms with Gasteiger partial charge in [0.2, 0.25) is 0 Å². The Labute approximate surface area is 108 Å². The first kappa shape index (κ1) is 12.7. The van der Waals surface area contributed by atoms with E-state index in [-0.39, 0.29) is 5.72 Å². The van der Waals surface area contributed by atoms with Crippen LogP contribution in [0.5, 0.6) is 0 Å². The van der Waals surface area contributed by atoms with Crippen LogP contribution in [0.15, 0.2) is 0 Å². The molecule has 0 radical (unpaired) electrons. The normalized spacial score (nSPS) is 24.7. The predicted molar refractivity (Wildman–Crippen MR) is 73.8 cm³/mol. The van der Waals surface area contributed by atoms with Crippen molar-refractivity contribution >= 4 is 28.3 Å². The molecule has 4 heteroatoms. The van der Waals surface area contributed by atoms with Gasteiger partial charge in [-0.2, -0.15) is 0 Å². The van der Waals surface area contributed by atoms with Gasteiger partial charge < -0.3 is 9.64 Å². The largest absolute Gasteiger partial charge is 0.354 e. The molecule has 0 aromatic carbocycles. The van der Waals surface area contributed by atoms with Crippen molar-refractivity contribution in [2.24, 2.45) is 0 Å². The highest BCUT2D eigenvalue weighted by atomic mass is 32.2. The fraction of sp³-hybridized carbons (Fsp3) is 0.917. The Morgan fingerprint density at radius 1 is 1.31 bits per heavy atom. The van der Waals surface area contributed by atoms with Crippen molar-refractivity contribution in [1.82, 2.24) is 4.90 Å². The Morgan fingerprint density at radius 2 is 2.00 bits per heavy atom. The summed E-state index contributed by atoms with van der Waals surface area (Å²) in [5, 5.41) is 0. The molecule has 0 amide bonds. The van der Waals surface area contributed by atoms with Crippen molar-refractivity contribution in [3.05, 3.63) is 0 Å². The highest BCUT2D eigenvalue weighted by molar-refractivity contribution is 8.22. The quantitative estimate of drug-likeness (QED) is 0.669. The zero-order valence-corrected chi connectivity index (χ0v) is 11.7. The van der Waals surface area contributed by atoms with Crippen molar-refractivity contribution in [3.63, 3.8) is 0 Å². The Kier molecular flexibility index (Phi) is 4.50. The number of rotatable bonds is 1. The summed E-state index contributed by atoms with van der Waals surface area (Å²) in [6.45, 7) is 4.00. The topological polar surface area (TPSA) is 12.5 Å². The van der Waals surface area contributed by atoms with Gasteiger partial charge in [0.05, 0.1) is 6.61 Å². The van der Waals surface area contributed by atoms with Gasteiger partial charge in [-0.25, -0.2) is 0 Å². The van der Waals surface area contributed by atoms with E-state index in [0.29, 0.717) is 0 Å². The van der Waals surface area contributed by atoms with Crippen LogP contribution in [0, 0.1) is 0 Å². The average Bonchev–Trinajstić information content (AvgIpc) is 2.52. The van der Waals surface area contributed by atoms with E-state index >= 15 is 0 Å². The van der Waals surface area contributed by atoms with Gasteiger partial charge >= 0.3 is 0 Å². The third-order valence-corrected chi connectivity index (χ3v) is 4.88. The molecule has 16 heavy (non-hydrogen) atoms. The summed E-state index contributed by atoms with van der Waals surface area (Å²) < 4.78 is 7.11. The Hall–Kier alpha value is 0.200. The first-order chi connectivity index (χ1) is 7.78. The molecule has 0 unspecified atom stereocenters. The van der Waals surface area contributed by atoms with Gasteiger partial charge in [0, 0.05) is 6.54 Å². The van der Waals surface area contributed by atoms with Gasteiger partial charge in [-0.3, -0.25) is 0 Å².